The van der Waals surface area contributed by atoms with E-state index >= 15 is 0 Å². The van der Waals surface area contributed by atoms with Gasteiger partial charge in [0.25, 0.3) is 0 Å². The molecule has 0 atom stereocenters. The number of hydrogen-bond donors (Lipinski definition) is 1. The molecule has 3 rings (SSSR count). The van der Waals surface area contributed by atoms with Crippen molar-refractivity contribution in [3.05, 3.63) is 40.6 Å². The van der Waals surface area contributed by atoms with Crippen LogP contribution < -0.4 is 0 Å². The first kappa shape index (κ1) is 11.6. The van der Waals surface area contributed by atoms with E-state index in [2.05, 4.69) is 41.9 Å². The van der Waals surface area contributed by atoms with Gasteiger partial charge in [0.2, 0.25) is 0 Å². The number of thiol groups is 1. The second-order valence-electron chi connectivity index (χ2n) is 4.75. The van der Waals surface area contributed by atoms with Crippen molar-refractivity contribution in [3.63, 3.8) is 0 Å². The van der Waals surface area contributed by atoms with E-state index < -0.39 is 0 Å². The minimum atomic E-state index is 0.584. The Labute approximate surface area is 112 Å². The molecule has 0 amide bonds. The van der Waals surface area contributed by atoms with E-state index in [1.54, 1.807) is 0 Å². The van der Waals surface area contributed by atoms with Gasteiger partial charge in [-0.1, -0.05) is 18.2 Å². The Bertz CT molecular complexity index is 606. The Morgan fingerprint density at radius 1 is 1.28 bits per heavy atom. The Morgan fingerprint density at radius 3 is 2.83 bits per heavy atom. The zero-order valence-corrected chi connectivity index (χ0v) is 11.0. The maximum Gasteiger partial charge on any atom is 0.112 e. The average molecular weight is 254 g/mol. The Morgan fingerprint density at radius 2 is 2.11 bits per heavy atom. The molecule has 0 unspecified atom stereocenters. The fourth-order valence-corrected chi connectivity index (χ4v) is 3.10. The predicted molar refractivity (Wildman–Crippen MR) is 74.6 cm³/mol. The molecule has 0 saturated heterocycles. The van der Waals surface area contributed by atoms with Gasteiger partial charge in [-0.25, -0.2) is 4.98 Å². The lowest BCUT2D eigenvalue weighted by Gasteiger charge is -2.21. The first-order valence-corrected chi connectivity index (χ1v) is 6.77. The van der Waals surface area contributed by atoms with E-state index in [-0.39, 0.29) is 0 Å². The van der Waals surface area contributed by atoms with Gasteiger partial charge in [0.15, 0.2) is 0 Å². The highest BCUT2D eigenvalue weighted by Gasteiger charge is 2.22. The quantitative estimate of drug-likeness (QED) is 0.779. The molecule has 2 nitrogen and oxygen atoms in total. The highest BCUT2D eigenvalue weighted by Crippen LogP contribution is 2.35. The smallest absolute Gasteiger partial charge is 0.112 e. The second kappa shape index (κ2) is 4.62. The SMILES string of the molecule is N#Cc1c(S)nc2c(c1C1=CC=CC1)CCCC2. The highest BCUT2D eigenvalue weighted by molar-refractivity contribution is 7.80. The van der Waals surface area contributed by atoms with E-state index in [0.717, 1.165) is 30.5 Å². The Kier molecular flexibility index (Phi) is 2.97. The maximum atomic E-state index is 9.37. The number of rotatable bonds is 1. The number of allylic oxidation sites excluding steroid dienone is 4. The van der Waals surface area contributed by atoms with Gasteiger partial charge >= 0.3 is 0 Å². The topological polar surface area (TPSA) is 36.7 Å². The normalized spacial score (nSPS) is 17.2. The molecular formula is C15H14N2S. The van der Waals surface area contributed by atoms with E-state index in [1.165, 1.54) is 24.0 Å². The third-order valence-corrected chi connectivity index (χ3v) is 3.98. The number of fused-ring (bicyclic) bond motifs is 1. The third-order valence-electron chi connectivity index (χ3n) is 3.66. The van der Waals surface area contributed by atoms with Crippen molar-refractivity contribution in [1.29, 1.82) is 5.26 Å². The molecule has 1 heterocycles. The zero-order valence-electron chi connectivity index (χ0n) is 10.1. The number of nitriles is 1. The van der Waals surface area contributed by atoms with Gasteiger partial charge in [0.05, 0.1) is 5.56 Å². The van der Waals surface area contributed by atoms with Crippen LogP contribution in [0, 0.1) is 11.3 Å². The molecule has 0 N–H and O–H groups in total. The molecule has 1 aromatic rings. The number of aromatic nitrogens is 1. The van der Waals surface area contributed by atoms with Crippen LogP contribution in [-0.2, 0) is 12.8 Å². The van der Waals surface area contributed by atoms with Crippen molar-refractivity contribution in [3.8, 4) is 6.07 Å². The fourth-order valence-electron chi connectivity index (χ4n) is 2.82. The molecule has 2 aliphatic carbocycles. The summed E-state index contributed by atoms with van der Waals surface area (Å²) >= 11 is 4.39. The first-order chi connectivity index (χ1) is 8.81. The van der Waals surface area contributed by atoms with Gasteiger partial charge in [0, 0.05) is 11.3 Å². The van der Waals surface area contributed by atoms with Crippen LogP contribution in [0.4, 0.5) is 0 Å². The molecular weight excluding hydrogens is 240 g/mol. The summed E-state index contributed by atoms with van der Waals surface area (Å²) in [4.78, 5) is 4.51. The highest BCUT2D eigenvalue weighted by atomic mass is 32.1. The minimum absolute atomic E-state index is 0.584. The lowest BCUT2D eigenvalue weighted by Crippen LogP contribution is -2.11. The summed E-state index contributed by atoms with van der Waals surface area (Å²) in [5.74, 6) is 0. The summed E-state index contributed by atoms with van der Waals surface area (Å²) < 4.78 is 0. The molecule has 90 valence electrons. The van der Waals surface area contributed by atoms with E-state index in [1.807, 2.05) is 0 Å². The summed E-state index contributed by atoms with van der Waals surface area (Å²) in [5, 5.41) is 9.96. The number of aryl methyl sites for hydroxylation is 1. The predicted octanol–water partition coefficient (Wildman–Crippen LogP) is 3.46. The molecule has 1 aromatic heterocycles. The first-order valence-electron chi connectivity index (χ1n) is 6.32. The van der Waals surface area contributed by atoms with Crippen molar-refractivity contribution in [1.82, 2.24) is 4.98 Å². The van der Waals surface area contributed by atoms with Gasteiger partial charge in [-0.2, -0.15) is 5.26 Å². The minimum Gasteiger partial charge on any atom is -0.245 e. The monoisotopic (exact) mass is 254 g/mol. The maximum absolute atomic E-state index is 9.37. The van der Waals surface area contributed by atoms with Crippen molar-refractivity contribution in [2.75, 3.05) is 0 Å². The molecule has 18 heavy (non-hydrogen) atoms. The van der Waals surface area contributed by atoms with E-state index in [9.17, 15) is 5.26 Å². The number of pyridine rings is 1. The van der Waals surface area contributed by atoms with Crippen LogP contribution in [0.2, 0.25) is 0 Å². The van der Waals surface area contributed by atoms with Crippen LogP contribution in [0.1, 0.15) is 41.6 Å². The van der Waals surface area contributed by atoms with Gasteiger partial charge in [-0.05, 0) is 43.2 Å². The van der Waals surface area contributed by atoms with E-state index in [4.69, 9.17) is 0 Å². The van der Waals surface area contributed by atoms with Gasteiger partial charge in [0.1, 0.15) is 11.1 Å². The van der Waals surface area contributed by atoms with Crippen molar-refractivity contribution in [2.24, 2.45) is 0 Å². The lowest BCUT2D eigenvalue weighted by atomic mass is 9.86. The van der Waals surface area contributed by atoms with Crippen LogP contribution >= 0.6 is 12.6 Å². The molecule has 2 aliphatic rings. The summed E-state index contributed by atoms with van der Waals surface area (Å²) in [6.45, 7) is 0. The van der Waals surface area contributed by atoms with Crippen LogP contribution in [0.15, 0.2) is 23.3 Å². The van der Waals surface area contributed by atoms with Crippen LogP contribution in [0.3, 0.4) is 0 Å². The Hall–Kier alpha value is -1.53. The van der Waals surface area contributed by atoms with Crippen molar-refractivity contribution < 1.29 is 0 Å². The summed E-state index contributed by atoms with van der Waals surface area (Å²) in [6.07, 6.45) is 11.7. The zero-order chi connectivity index (χ0) is 12.5. The lowest BCUT2D eigenvalue weighted by molar-refractivity contribution is 0.658. The van der Waals surface area contributed by atoms with Crippen LogP contribution in [0.5, 0.6) is 0 Å². The Balaban J connectivity index is 2.25. The van der Waals surface area contributed by atoms with Crippen LogP contribution in [0.25, 0.3) is 5.57 Å². The van der Waals surface area contributed by atoms with Gasteiger partial charge in [-0.3, -0.25) is 0 Å². The van der Waals surface area contributed by atoms with E-state index in [0.29, 0.717) is 10.6 Å². The molecule has 3 heteroatoms. The fraction of sp³-hybridized carbons (Fsp3) is 0.333. The molecule has 0 fully saturated rings. The molecule has 0 spiro atoms. The summed E-state index contributed by atoms with van der Waals surface area (Å²) in [6, 6.07) is 2.28. The molecule has 0 aliphatic heterocycles. The van der Waals surface area contributed by atoms with Crippen molar-refractivity contribution >= 4 is 18.2 Å². The van der Waals surface area contributed by atoms with Gasteiger partial charge in [-0.15, -0.1) is 12.6 Å². The number of hydrogen-bond acceptors (Lipinski definition) is 3. The summed E-state index contributed by atoms with van der Waals surface area (Å²) in [5.41, 5.74) is 5.42. The van der Waals surface area contributed by atoms with Crippen LogP contribution in [-0.4, -0.2) is 4.98 Å². The van der Waals surface area contributed by atoms with Gasteiger partial charge < -0.3 is 0 Å². The molecule has 0 saturated carbocycles. The second-order valence-corrected chi connectivity index (χ2v) is 5.18. The third kappa shape index (κ3) is 1.77. The molecule has 0 bridgehead atoms. The number of nitrogens with zero attached hydrogens (tertiary/aromatic N) is 2. The van der Waals surface area contributed by atoms with Crippen molar-refractivity contribution in [2.45, 2.75) is 37.1 Å². The molecule has 0 radical (unpaired) electrons. The average Bonchev–Trinajstić information content (AvgIpc) is 2.90. The standard InChI is InChI=1S/C15H14N2S/c16-9-12-14(10-5-1-2-6-10)11-7-3-4-8-13(11)17-15(12)18/h1-2,5H,3-4,6-8H2,(H,17,18). The summed E-state index contributed by atoms with van der Waals surface area (Å²) in [7, 11) is 0. The molecule has 0 aromatic carbocycles. The largest absolute Gasteiger partial charge is 0.245 e.